The molecule has 9 nitrogen and oxygen atoms in total. The van der Waals surface area contributed by atoms with Gasteiger partial charge in [-0.3, -0.25) is 9.36 Å². The van der Waals surface area contributed by atoms with Crippen LogP contribution in [0.25, 0.3) is 0 Å². The number of carboxylic acid groups (broad SMARTS) is 1. The number of anilines is 1. The maximum Gasteiger partial charge on any atom is 0.335 e. The molecule has 3 rings (SSSR count). The van der Waals surface area contributed by atoms with Crippen molar-refractivity contribution in [2.75, 3.05) is 12.4 Å². The minimum Gasteiger partial charge on any atom is -0.497 e. The summed E-state index contributed by atoms with van der Waals surface area (Å²) in [5, 5.41) is 20.5. The zero-order valence-electron chi connectivity index (χ0n) is 19.1. The summed E-state index contributed by atoms with van der Waals surface area (Å²) in [6.07, 6.45) is 1.30. The first-order valence-corrected chi connectivity index (χ1v) is 11.4. The Morgan fingerprint density at radius 3 is 2.62 bits per heavy atom. The van der Waals surface area contributed by atoms with E-state index in [0.29, 0.717) is 34.7 Å². The van der Waals surface area contributed by atoms with Crippen LogP contribution in [0.4, 0.5) is 5.69 Å². The van der Waals surface area contributed by atoms with E-state index in [0.717, 1.165) is 0 Å². The van der Waals surface area contributed by atoms with E-state index in [9.17, 15) is 9.59 Å². The highest BCUT2D eigenvalue weighted by molar-refractivity contribution is 8.00. The van der Waals surface area contributed by atoms with Crippen molar-refractivity contribution in [3.05, 3.63) is 72.6 Å². The molecule has 0 fully saturated rings. The van der Waals surface area contributed by atoms with Crippen LogP contribution < -0.4 is 14.8 Å². The van der Waals surface area contributed by atoms with Gasteiger partial charge < -0.3 is 19.9 Å². The molecule has 0 aliphatic heterocycles. The van der Waals surface area contributed by atoms with Crippen LogP contribution in [0.1, 0.15) is 36.1 Å². The van der Waals surface area contributed by atoms with Crippen molar-refractivity contribution in [1.82, 2.24) is 14.8 Å². The third kappa shape index (κ3) is 6.16. The average molecular weight is 483 g/mol. The van der Waals surface area contributed by atoms with Gasteiger partial charge in [0.2, 0.25) is 5.91 Å². The second-order valence-corrected chi connectivity index (χ2v) is 8.62. The number of hydrogen-bond donors (Lipinski definition) is 2. The normalized spacial score (nSPS) is 12.4. The Balaban J connectivity index is 1.72. The fraction of sp³-hybridized carbons (Fsp3) is 0.250. The molecule has 2 aromatic carbocycles. The van der Waals surface area contributed by atoms with Gasteiger partial charge in [0.1, 0.15) is 11.5 Å². The molecule has 3 aromatic rings. The minimum absolute atomic E-state index is 0.0958. The number of allylic oxidation sites excluding steroid dienone is 1. The third-order valence-electron chi connectivity index (χ3n) is 4.80. The van der Waals surface area contributed by atoms with E-state index in [1.165, 1.54) is 23.9 Å². The molecule has 2 unspecified atom stereocenters. The highest BCUT2D eigenvalue weighted by atomic mass is 32.2. The molecule has 2 atom stereocenters. The van der Waals surface area contributed by atoms with Crippen molar-refractivity contribution in [2.24, 2.45) is 0 Å². The molecule has 0 radical (unpaired) electrons. The van der Waals surface area contributed by atoms with E-state index in [1.807, 2.05) is 29.7 Å². The van der Waals surface area contributed by atoms with Gasteiger partial charge in [0.15, 0.2) is 17.1 Å². The van der Waals surface area contributed by atoms with E-state index in [-0.39, 0.29) is 11.5 Å². The lowest BCUT2D eigenvalue weighted by Crippen LogP contribution is -2.23. The molecule has 0 aliphatic rings. The molecule has 0 saturated carbocycles. The number of hydrogen-bond acceptors (Lipinski definition) is 7. The Morgan fingerprint density at radius 2 is 1.91 bits per heavy atom. The number of benzene rings is 2. The van der Waals surface area contributed by atoms with Crippen molar-refractivity contribution in [1.29, 1.82) is 0 Å². The van der Waals surface area contributed by atoms with Gasteiger partial charge in [0.05, 0.1) is 17.9 Å². The van der Waals surface area contributed by atoms with E-state index < -0.39 is 17.3 Å². The molecule has 0 aliphatic carbocycles. The predicted molar refractivity (Wildman–Crippen MR) is 130 cm³/mol. The highest BCUT2D eigenvalue weighted by Crippen LogP contribution is 2.29. The van der Waals surface area contributed by atoms with Crippen molar-refractivity contribution in [3.8, 4) is 11.5 Å². The number of carboxylic acids is 1. The lowest BCUT2D eigenvalue weighted by molar-refractivity contribution is -0.115. The molecule has 0 bridgehead atoms. The van der Waals surface area contributed by atoms with Gasteiger partial charge in [0, 0.05) is 18.3 Å². The number of thioether (sulfide) groups is 1. The fourth-order valence-electron chi connectivity index (χ4n) is 3.11. The Labute approximate surface area is 201 Å². The number of nitrogens with zero attached hydrogens (tertiary/aromatic N) is 3. The molecule has 1 heterocycles. The number of carbonyl (C=O) groups excluding carboxylic acids is 1. The van der Waals surface area contributed by atoms with E-state index >= 15 is 0 Å². The number of aromatic nitrogens is 3. The van der Waals surface area contributed by atoms with Gasteiger partial charge in [-0.1, -0.05) is 30.0 Å². The minimum atomic E-state index is -1.06. The number of amides is 1. The van der Waals surface area contributed by atoms with Crippen LogP contribution in [0.5, 0.6) is 11.5 Å². The van der Waals surface area contributed by atoms with Crippen LogP contribution in [0.15, 0.2) is 66.3 Å². The van der Waals surface area contributed by atoms with E-state index in [1.54, 1.807) is 38.3 Å². The van der Waals surface area contributed by atoms with Gasteiger partial charge in [-0.05, 0) is 44.2 Å². The second kappa shape index (κ2) is 11.4. The lowest BCUT2D eigenvalue weighted by Gasteiger charge is -2.17. The summed E-state index contributed by atoms with van der Waals surface area (Å²) in [6, 6.07) is 13.4. The second-order valence-electron chi connectivity index (χ2n) is 7.31. The topological polar surface area (TPSA) is 116 Å². The molecule has 34 heavy (non-hydrogen) atoms. The first kappa shape index (κ1) is 24.8. The molecule has 178 valence electrons. The van der Waals surface area contributed by atoms with Gasteiger partial charge >= 0.3 is 5.97 Å². The summed E-state index contributed by atoms with van der Waals surface area (Å²) in [7, 11) is 1.59. The number of carbonyl (C=O) groups is 2. The molecule has 10 heteroatoms. The van der Waals surface area contributed by atoms with Crippen molar-refractivity contribution in [2.45, 2.75) is 36.9 Å². The average Bonchev–Trinajstić information content (AvgIpc) is 3.21. The Morgan fingerprint density at radius 1 is 1.18 bits per heavy atom. The van der Waals surface area contributed by atoms with Crippen LogP contribution in [0, 0.1) is 0 Å². The number of nitrogens with one attached hydrogen (secondary N) is 1. The third-order valence-corrected chi connectivity index (χ3v) is 5.88. The molecular weight excluding hydrogens is 456 g/mol. The molecule has 1 amide bonds. The van der Waals surface area contributed by atoms with Crippen molar-refractivity contribution in [3.63, 3.8) is 0 Å². The van der Waals surface area contributed by atoms with Crippen molar-refractivity contribution >= 4 is 29.3 Å². The summed E-state index contributed by atoms with van der Waals surface area (Å²) in [4.78, 5) is 23.9. The summed E-state index contributed by atoms with van der Waals surface area (Å²) in [6.45, 7) is 7.85. The van der Waals surface area contributed by atoms with E-state index in [2.05, 4.69) is 22.1 Å². The number of rotatable bonds is 11. The number of methoxy groups -OCH3 is 1. The Bertz CT molecular complexity index is 1180. The van der Waals surface area contributed by atoms with Crippen LogP contribution in [-0.4, -0.2) is 44.1 Å². The van der Waals surface area contributed by atoms with Gasteiger partial charge in [0.25, 0.3) is 0 Å². The molecule has 1 aromatic heterocycles. The fourth-order valence-corrected chi connectivity index (χ4v) is 3.97. The summed E-state index contributed by atoms with van der Waals surface area (Å²) >= 11 is 1.24. The first-order chi connectivity index (χ1) is 16.3. The summed E-state index contributed by atoms with van der Waals surface area (Å²) < 4.78 is 13.1. The molecule has 2 N–H and O–H groups in total. The zero-order valence-corrected chi connectivity index (χ0v) is 19.9. The first-order valence-electron chi connectivity index (χ1n) is 10.5. The van der Waals surface area contributed by atoms with Gasteiger partial charge in [-0.15, -0.1) is 16.8 Å². The quantitative estimate of drug-likeness (QED) is 0.305. The molecule has 0 spiro atoms. The zero-order chi connectivity index (χ0) is 24.7. The maximum atomic E-state index is 12.7. The van der Waals surface area contributed by atoms with Crippen LogP contribution in [0.2, 0.25) is 0 Å². The predicted octanol–water partition coefficient (Wildman–Crippen LogP) is 4.43. The largest absolute Gasteiger partial charge is 0.497 e. The SMILES string of the molecule is C=CCn1c(SC(C)C(=O)Nc2cccc(C(=O)O)c2)nnc1C(C)Oc1cccc(OC)c1. The van der Waals surface area contributed by atoms with Crippen molar-refractivity contribution < 1.29 is 24.2 Å². The van der Waals surface area contributed by atoms with E-state index in [4.69, 9.17) is 14.6 Å². The lowest BCUT2D eigenvalue weighted by atomic mass is 10.2. The molecular formula is C24H26N4O5S. The maximum absolute atomic E-state index is 12.7. The van der Waals surface area contributed by atoms with Crippen LogP contribution in [0.3, 0.4) is 0 Å². The number of ether oxygens (including phenoxy) is 2. The number of aromatic carboxylic acids is 1. The smallest absolute Gasteiger partial charge is 0.335 e. The van der Waals surface area contributed by atoms with Gasteiger partial charge in [-0.2, -0.15) is 0 Å². The summed E-state index contributed by atoms with van der Waals surface area (Å²) in [5.74, 6) is 0.552. The van der Waals surface area contributed by atoms with Gasteiger partial charge in [-0.25, -0.2) is 4.79 Å². The molecule has 0 saturated heterocycles. The standard InChI is InChI=1S/C24H26N4O5S/c1-5-12-28-21(15(2)33-20-11-7-10-19(14-20)32-4)26-27-24(28)34-16(3)22(29)25-18-9-6-8-17(13-18)23(30)31/h5-11,13-16H,1,12H2,2-4H3,(H,25,29)(H,30,31). The highest BCUT2D eigenvalue weighted by Gasteiger charge is 2.23. The monoisotopic (exact) mass is 482 g/mol. The van der Waals surface area contributed by atoms with Crippen LogP contribution in [-0.2, 0) is 11.3 Å². The van der Waals surface area contributed by atoms with Crippen LogP contribution >= 0.6 is 11.8 Å². The summed E-state index contributed by atoms with van der Waals surface area (Å²) in [5.41, 5.74) is 0.504. The Kier molecular flexibility index (Phi) is 8.31. The Hall–Kier alpha value is -3.79.